The molecule has 3 nitrogen and oxygen atoms in total. The van der Waals surface area contributed by atoms with Gasteiger partial charge in [0.2, 0.25) is 5.91 Å². The molecule has 3 unspecified atom stereocenters. The number of amides is 1. The van der Waals surface area contributed by atoms with E-state index in [0.29, 0.717) is 12.3 Å². The van der Waals surface area contributed by atoms with Crippen molar-refractivity contribution in [1.29, 1.82) is 0 Å². The summed E-state index contributed by atoms with van der Waals surface area (Å²) in [6.45, 7) is 0. The van der Waals surface area contributed by atoms with Gasteiger partial charge in [-0.25, -0.2) is 0 Å². The Balaban J connectivity index is 1.57. The summed E-state index contributed by atoms with van der Waals surface area (Å²) in [7, 11) is 0. The van der Waals surface area contributed by atoms with Gasteiger partial charge in [0, 0.05) is 6.42 Å². The number of hydrogen-bond donors (Lipinski definition) is 2. The maximum absolute atomic E-state index is 12.2. The van der Waals surface area contributed by atoms with E-state index in [4.69, 9.17) is 0 Å². The summed E-state index contributed by atoms with van der Waals surface area (Å²) in [6, 6.07) is 8.40. The summed E-state index contributed by atoms with van der Waals surface area (Å²) in [5, 5.41) is 13.0. The van der Waals surface area contributed by atoms with E-state index in [-0.39, 0.29) is 18.1 Å². The second kappa shape index (κ2) is 5.96. The standard InChI is InChI=1S/C17H23NO2/c19-16-8-4-3-7-15(16)18-17(20)11-13-10-9-12-5-1-2-6-14(12)13/h1-2,5-6,13,15-16,19H,3-4,7-11H2,(H,18,20). The predicted molar refractivity (Wildman–Crippen MR) is 78.5 cm³/mol. The summed E-state index contributed by atoms with van der Waals surface area (Å²) in [6.07, 6.45) is 6.26. The van der Waals surface area contributed by atoms with Gasteiger partial charge in [0.05, 0.1) is 12.1 Å². The van der Waals surface area contributed by atoms with Crippen LogP contribution in [0.15, 0.2) is 24.3 Å². The lowest BCUT2D eigenvalue weighted by molar-refractivity contribution is -0.123. The van der Waals surface area contributed by atoms with E-state index >= 15 is 0 Å². The van der Waals surface area contributed by atoms with Crippen LogP contribution in [-0.2, 0) is 11.2 Å². The lowest BCUT2D eigenvalue weighted by Gasteiger charge is -2.28. The Morgan fingerprint density at radius 1 is 1.20 bits per heavy atom. The second-order valence-corrected chi connectivity index (χ2v) is 6.16. The van der Waals surface area contributed by atoms with Crippen molar-refractivity contribution in [2.24, 2.45) is 0 Å². The Hall–Kier alpha value is -1.35. The molecule has 3 rings (SSSR count). The van der Waals surface area contributed by atoms with Gasteiger partial charge in [-0.05, 0) is 42.7 Å². The summed E-state index contributed by atoms with van der Waals surface area (Å²) in [4.78, 5) is 12.2. The third kappa shape index (κ3) is 2.88. The molecule has 1 saturated carbocycles. The molecule has 3 atom stereocenters. The zero-order valence-corrected chi connectivity index (χ0v) is 11.8. The van der Waals surface area contributed by atoms with Gasteiger partial charge in [-0.1, -0.05) is 37.1 Å². The van der Waals surface area contributed by atoms with Crippen molar-refractivity contribution < 1.29 is 9.90 Å². The molecule has 0 heterocycles. The van der Waals surface area contributed by atoms with Crippen LogP contribution in [0, 0.1) is 0 Å². The zero-order valence-electron chi connectivity index (χ0n) is 11.8. The largest absolute Gasteiger partial charge is 0.391 e. The minimum atomic E-state index is -0.358. The van der Waals surface area contributed by atoms with Crippen molar-refractivity contribution >= 4 is 5.91 Å². The van der Waals surface area contributed by atoms with Crippen LogP contribution in [0.4, 0.5) is 0 Å². The molecular formula is C17H23NO2. The highest BCUT2D eigenvalue weighted by atomic mass is 16.3. The van der Waals surface area contributed by atoms with Crippen LogP contribution in [0.25, 0.3) is 0 Å². The fourth-order valence-electron chi connectivity index (χ4n) is 3.63. The Labute approximate surface area is 120 Å². The highest BCUT2D eigenvalue weighted by molar-refractivity contribution is 5.77. The molecule has 0 spiro atoms. The van der Waals surface area contributed by atoms with Crippen molar-refractivity contribution in [2.75, 3.05) is 0 Å². The summed E-state index contributed by atoms with van der Waals surface area (Å²) >= 11 is 0. The van der Waals surface area contributed by atoms with Crippen LogP contribution in [0.2, 0.25) is 0 Å². The van der Waals surface area contributed by atoms with Crippen molar-refractivity contribution in [3.63, 3.8) is 0 Å². The molecule has 1 amide bonds. The molecule has 0 aromatic heterocycles. The van der Waals surface area contributed by atoms with E-state index in [9.17, 15) is 9.90 Å². The number of rotatable bonds is 3. The van der Waals surface area contributed by atoms with E-state index in [1.54, 1.807) is 0 Å². The molecule has 1 aromatic carbocycles. The molecule has 1 aromatic rings. The second-order valence-electron chi connectivity index (χ2n) is 6.16. The first-order valence-electron chi connectivity index (χ1n) is 7.79. The number of aliphatic hydroxyl groups excluding tert-OH is 1. The summed E-state index contributed by atoms with van der Waals surface area (Å²) in [5.41, 5.74) is 2.73. The Morgan fingerprint density at radius 2 is 2.00 bits per heavy atom. The van der Waals surface area contributed by atoms with Gasteiger partial charge in [0.15, 0.2) is 0 Å². The van der Waals surface area contributed by atoms with Crippen LogP contribution in [0.3, 0.4) is 0 Å². The average Bonchev–Trinajstić information content (AvgIpc) is 2.85. The van der Waals surface area contributed by atoms with E-state index in [2.05, 4.69) is 29.6 Å². The smallest absolute Gasteiger partial charge is 0.220 e. The van der Waals surface area contributed by atoms with Crippen LogP contribution >= 0.6 is 0 Å². The minimum absolute atomic E-state index is 0.0344. The molecule has 0 aliphatic heterocycles. The molecule has 3 heteroatoms. The van der Waals surface area contributed by atoms with Gasteiger partial charge < -0.3 is 10.4 Å². The lowest BCUT2D eigenvalue weighted by Crippen LogP contribution is -2.45. The van der Waals surface area contributed by atoms with Crippen LogP contribution in [-0.4, -0.2) is 23.2 Å². The number of benzene rings is 1. The van der Waals surface area contributed by atoms with Crippen molar-refractivity contribution in [3.05, 3.63) is 35.4 Å². The molecule has 108 valence electrons. The molecule has 0 bridgehead atoms. The Kier molecular flexibility index (Phi) is 4.06. The predicted octanol–water partition coefficient (Wildman–Crippen LogP) is 2.53. The van der Waals surface area contributed by atoms with Gasteiger partial charge in [0.25, 0.3) is 0 Å². The van der Waals surface area contributed by atoms with Crippen molar-refractivity contribution in [1.82, 2.24) is 5.32 Å². The van der Waals surface area contributed by atoms with Gasteiger partial charge in [-0.3, -0.25) is 4.79 Å². The molecule has 0 saturated heterocycles. The van der Waals surface area contributed by atoms with Gasteiger partial charge >= 0.3 is 0 Å². The molecule has 2 aliphatic rings. The van der Waals surface area contributed by atoms with E-state index < -0.39 is 0 Å². The summed E-state index contributed by atoms with van der Waals surface area (Å²) < 4.78 is 0. The highest BCUT2D eigenvalue weighted by Crippen LogP contribution is 2.35. The Morgan fingerprint density at radius 3 is 2.85 bits per heavy atom. The number of fused-ring (bicyclic) bond motifs is 1. The third-order valence-electron chi connectivity index (χ3n) is 4.76. The number of aryl methyl sites for hydroxylation is 1. The van der Waals surface area contributed by atoms with Gasteiger partial charge in [-0.15, -0.1) is 0 Å². The average molecular weight is 273 g/mol. The first kappa shape index (κ1) is 13.6. The molecule has 2 N–H and O–H groups in total. The lowest BCUT2D eigenvalue weighted by atomic mass is 9.92. The number of carbonyl (C=O) groups is 1. The number of nitrogens with one attached hydrogen (secondary N) is 1. The highest BCUT2D eigenvalue weighted by Gasteiger charge is 2.28. The number of hydrogen-bond acceptors (Lipinski definition) is 2. The first-order valence-corrected chi connectivity index (χ1v) is 7.79. The quantitative estimate of drug-likeness (QED) is 0.889. The van der Waals surface area contributed by atoms with Crippen molar-refractivity contribution in [3.8, 4) is 0 Å². The number of carbonyl (C=O) groups excluding carboxylic acids is 1. The first-order chi connectivity index (χ1) is 9.74. The molecule has 1 fully saturated rings. The van der Waals surface area contributed by atoms with E-state index in [1.165, 1.54) is 11.1 Å². The van der Waals surface area contributed by atoms with E-state index in [0.717, 1.165) is 38.5 Å². The maximum Gasteiger partial charge on any atom is 0.220 e. The normalized spacial score (nSPS) is 28.9. The van der Waals surface area contributed by atoms with Crippen molar-refractivity contribution in [2.45, 2.75) is 63.0 Å². The van der Waals surface area contributed by atoms with Gasteiger partial charge in [-0.2, -0.15) is 0 Å². The topological polar surface area (TPSA) is 49.3 Å². The monoisotopic (exact) mass is 273 g/mol. The van der Waals surface area contributed by atoms with E-state index in [1.807, 2.05) is 0 Å². The molecule has 2 aliphatic carbocycles. The third-order valence-corrected chi connectivity index (χ3v) is 4.76. The minimum Gasteiger partial charge on any atom is -0.391 e. The Bertz CT molecular complexity index is 486. The summed E-state index contributed by atoms with van der Waals surface area (Å²) in [5.74, 6) is 0.449. The SMILES string of the molecule is O=C(CC1CCc2ccccc21)NC1CCCCC1O. The van der Waals surface area contributed by atoms with Crippen LogP contribution < -0.4 is 5.32 Å². The maximum atomic E-state index is 12.2. The fourth-order valence-corrected chi connectivity index (χ4v) is 3.63. The fraction of sp³-hybridized carbons (Fsp3) is 0.588. The van der Waals surface area contributed by atoms with Gasteiger partial charge in [0.1, 0.15) is 0 Å². The van der Waals surface area contributed by atoms with Crippen LogP contribution in [0.1, 0.15) is 55.6 Å². The van der Waals surface area contributed by atoms with Crippen LogP contribution in [0.5, 0.6) is 0 Å². The zero-order chi connectivity index (χ0) is 13.9. The molecule has 0 radical (unpaired) electrons. The number of aliphatic hydroxyl groups is 1. The molecular weight excluding hydrogens is 250 g/mol. The molecule has 20 heavy (non-hydrogen) atoms.